The van der Waals surface area contributed by atoms with Crippen molar-refractivity contribution in [2.24, 2.45) is 0 Å². The second-order valence-corrected chi connectivity index (χ2v) is 26.2. The van der Waals surface area contributed by atoms with Crippen LogP contribution in [0.3, 0.4) is 0 Å². The third-order valence-corrected chi connectivity index (χ3v) is 22.7. The van der Waals surface area contributed by atoms with E-state index in [0.717, 1.165) is 36.0 Å². The molecule has 0 aliphatic heterocycles. The van der Waals surface area contributed by atoms with Gasteiger partial charge in [0.2, 0.25) is 0 Å². The molecule has 0 amide bonds. The second-order valence-electron chi connectivity index (χ2n) is 15.2. The molecule has 0 aliphatic carbocycles. The van der Waals surface area contributed by atoms with E-state index < -0.39 is 17.6 Å². The second kappa shape index (κ2) is 28.7. The zero-order valence-electron chi connectivity index (χ0n) is 36.3. The predicted molar refractivity (Wildman–Crippen MR) is 255 cm³/mol. The highest BCUT2D eigenvalue weighted by atomic mass is 33.1. The van der Waals surface area contributed by atoms with Crippen LogP contribution in [0.25, 0.3) is 20.4 Å². The quantitative estimate of drug-likeness (QED) is 0.0253. The fourth-order valence-electron chi connectivity index (χ4n) is 7.54. The maximum absolute atomic E-state index is 5.57. The lowest BCUT2D eigenvalue weighted by Crippen LogP contribution is -2.42. The normalized spacial score (nSPS) is 13.6. The Balaban J connectivity index is 1.22. The van der Waals surface area contributed by atoms with Crippen molar-refractivity contribution < 1.29 is 26.6 Å². The van der Waals surface area contributed by atoms with Crippen molar-refractivity contribution in [3.63, 3.8) is 0 Å². The van der Waals surface area contributed by atoms with Crippen LogP contribution in [0.2, 0.25) is 12.1 Å². The van der Waals surface area contributed by atoms with Crippen LogP contribution in [0.1, 0.15) is 149 Å². The summed E-state index contributed by atoms with van der Waals surface area (Å²) in [5.41, 5.74) is 2.26. The summed E-state index contributed by atoms with van der Waals surface area (Å²) in [6.07, 6.45) is 25.1. The minimum absolute atomic E-state index is 0.388. The minimum Gasteiger partial charge on any atom is -0.377 e. The first-order chi connectivity index (χ1) is 28.4. The van der Waals surface area contributed by atoms with Crippen molar-refractivity contribution in [3.8, 4) is 0 Å². The van der Waals surface area contributed by atoms with Gasteiger partial charge in [0.1, 0.15) is 10.0 Å². The number of thiazole rings is 2. The molecule has 0 bridgehead atoms. The van der Waals surface area contributed by atoms with Crippen LogP contribution >= 0.6 is 44.3 Å². The largest absolute Gasteiger partial charge is 0.500 e. The van der Waals surface area contributed by atoms with Gasteiger partial charge in [0.25, 0.3) is 0 Å². The molecule has 4 rings (SSSR count). The first-order valence-electron chi connectivity index (χ1n) is 21.8. The fourth-order valence-corrected chi connectivity index (χ4v) is 17.0. The Morgan fingerprint density at radius 1 is 0.431 bits per heavy atom. The smallest absolute Gasteiger partial charge is 0.377 e. The monoisotopic (exact) mass is 908 g/mol. The molecule has 0 saturated heterocycles. The van der Waals surface area contributed by atoms with Gasteiger partial charge in [-0.3, -0.25) is 0 Å². The molecule has 2 aromatic heterocycles. The summed E-state index contributed by atoms with van der Waals surface area (Å²) in [6, 6.07) is 19.1. The van der Waals surface area contributed by atoms with Gasteiger partial charge in [-0.25, -0.2) is 9.97 Å². The number of unbranched alkanes of at least 4 members (excludes halogenated alkanes) is 16. The molecule has 0 fully saturated rings. The summed E-state index contributed by atoms with van der Waals surface area (Å²) < 4.78 is 36.0. The van der Waals surface area contributed by atoms with Crippen molar-refractivity contribution in [2.75, 3.05) is 42.7 Å². The number of para-hydroxylation sites is 2. The number of aromatic nitrogens is 2. The van der Waals surface area contributed by atoms with Crippen molar-refractivity contribution in [1.29, 1.82) is 0 Å². The summed E-state index contributed by atoms with van der Waals surface area (Å²) in [4.78, 5) is 10.4. The van der Waals surface area contributed by atoms with E-state index in [4.69, 9.17) is 36.5 Å². The van der Waals surface area contributed by atoms with Crippen molar-refractivity contribution in [2.45, 2.75) is 151 Å². The molecule has 0 radical (unpaired) electrons. The first kappa shape index (κ1) is 49.8. The van der Waals surface area contributed by atoms with Gasteiger partial charge in [0.15, 0.2) is 0 Å². The summed E-state index contributed by atoms with van der Waals surface area (Å²) in [5.74, 6) is 0. The van der Waals surface area contributed by atoms with Gasteiger partial charge in [-0.2, -0.15) is 0 Å². The molecule has 4 aromatic rings. The summed E-state index contributed by atoms with van der Waals surface area (Å²) in [5, 5.41) is 3.33. The van der Waals surface area contributed by atoms with Crippen LogP contribution in [0, 0.1) is 0 Å². The number of fused-ring (bicyclic) bond motifs is 2. The van der Waals surface area contributed by atoms with E-state index in [-0.39, 0.29) is 0 Å². The van der Waals surface area contributed by atoms with E-state index in [0.29, 0.717) is 10.5 Å². The molecule has 58 heavy (non-hydrogen) atoms. The van der Waals surface area contributed by atoms with E-state index in [9.17, 15) is 0 Å². The van der Waals surface area contributed by atoms with Crippen molar-refractivity contribution >= 4 is 82.3 Å². The minimum atomic E-state index is -2.43. The molecule has 8 nitrogen and oxygen atoms in total. The Bertz CT molecular complexity index is 1450. The summed E-state index contributed by atoms with van der Waals surface area (Å²) >= 11 is 3.78. The first-order valence-corrected chi connectivity index (χ1v) is 29.6. The molecule has 0 saturated carbocycles. The lowest BCUT2D eigenvalue weighted by Gasteiger charge is -2.24. The molecule has 14 heteroatoms. The van der Waals surface area contributed by atoms with E-state index in [1.165, 1.54) is 135 Å². The van der Waals surface area contributed by atoms with Crippen LogP contribution < -0.4 is 0 Å². The van der Waals surface area contributed by atoms with Gasteiger partial charge in [-0.05, 0) is 49.9 Å². The fraction of sp³-hybridized carbons (Fsp3) is 0.682. The molecule has 2 heterocycles. The lowest BCUT2D eigenvalue weighted by molar-refractivity contribution is 0.122. The number of hydrogen-bond donors (Lipinski definition) is 0. The number of hydrogen-bond acceptors (Lipinski definition) is 12. The van der Waals surface area contributed by atoms with Crippen molar-refractivity contribution in [1.82, 2.24) is 9.97 Å². The number of benzene rings is 2. The van der Waals surface area contributed by atoms with Crippen LogP contribution in [0.4, 0.5) is 0 Å². The van der Waals surface area contributed by atoms with Crippen LogP contribution in [-0.4, -0.2) is 70.2 Å². The van der Waals surface area contributed by atoms with Gasteiger partial charge in [-0.1, -0.05) is 149 Å². The molecule has 2 aromatic carbocycles. The SMILES string of the molecule is CO[Si](CCCCCCCCCCCC(SSC(CCCCCCCCCCC[Si](OC)(OC)OC)c1nc2ccccc2s1)c1nc2ccccc2s1)(OC)OC. The van der Waals surface area contributed by atoms with E-state index in [1.54, 1.807) is 42.7 Å². The third kappa shape index (κ3) is 16.8. The third-order valence-electron chi connectivity index (χ3n) is 11.2. The van der Waals surface area contributed by atoms with E-state index >= 15 is 0 Å². The topological polar surface area (TPSA) is 81.2 Å². The molecular formula is C44H72N2O6S4Si2. The zero-order valence-corrected chi connectivity index (χ0v) is 41.6. The zero-order chi connectivity index (χ0) is 41.3. The standard InChI is InChI=1S/C44H72N2O6S4Si2/c1-47-57(48-2,49-3)35-27-19-15-11-7-9-13-17-21-33-41(43-45-37-29-23-25-31-39(37)53-43)55-56-42(44-46-38-30-24-26-32-40(38)54-44)34-22-18-14-10-8-12-16-20-28-36-58(50-4,51-5)52-6/h23-26,29-32,41-42H,7-22,27-28,33-36H2,1-6H3. The maximum Gasteiger partial charge on any atom is 0.500 e. The Morgan fingerprint density at radius 3 is 1.03 bits per heavy atom. The van der Waals surface area contributed by atoms with Gasteiger partial charge >= 0.3 is 17.6 Å². The molecule has 326 valence electrons. The van der Waals surface area contributed by atoms with Gasteiger partial charge < -0.3 is 26.6 Å². The van der Waals surface area contributed by atoms with Crippen LogP contribution in [0.15, 0.2) is 48.5 Å². The van der Waals surface area contributed by atoms with Crippen LogP contribution in [0.5, 0.6) is 0 Å². The van der Waals surface area contributed by atoms with Crippen molar-refractivity contribution in [3.05, 3.63) is 58.5 Å². The maximum atomic E-state index is 5.57. The van der Waals surface area contributed by atoms with Gasteiger partial charge in [0, 0.05) is 54.7 Å². The Kier molecular flexibility index (Phi) is 24.6. The highest BCUT2D eigenvalue weighted by molar-refractivity contribution is 8.76. The molecule has 2 atom stereocenters. The van der Waals surface area contributed by atoms with E-state index in [1.807, 2.05) is 22.7 Å². The molecule has 0 aliphatic rings. The molecular weight excluding hydrogens is 837 g/mol. The van der Waals surface area contributed by atoms with Gasteiger partial charge in [0.05, 0.1) is 30.9 Å². The highest BCUT2D eigenvalue weighted by Gasteiger charge is 2.37. The molecule has 0 N–H and O–H groups in total. The number of nitrogens with zero attached hydrogens (tertiary/aromatic N) is 2. The van der Waals surface area contributed by atoms with Crippen LogP contribution in [-0.2, 0) is 26.6 Å². The average Bonchev–Trinajstić information content (AvgIpc) is 3.90. The van der Waals surface area contributed by atoms with Gasteiger partial charge in [-0.15, -0.1) is 22.7 Å². The average molecular weight is 910 g/mol. The summed E-state index contributed by atoms with van der Waals surface area (Å²) in [6.45, 7) is 0. The molecule has 0 spiro atoms. The Morgan fingerprint density at radius 2 is 0.724 bits per heavy atom. The lowest BCUT2D eigenvalue weighted by atomic mass is 10.1. The highest BCUT2D eigenvalue weighted by Crippen LogP contribution is 2.52. The predicted octanol–water partition coefficient (Wildman–Crippen LogP) is 14.6. The number of rotatable bonds is 35. The Hall–Kier alpha value is -0.886. The molecule has 2 unspecified atom stereocenters. The Labute approximate surface area is 368 Å². The summed E-state index contributed by atoms with van der Waals surface area (Å²) in [7, 11) is 9.49. The van der Waals surface area contributed by atoms with E-state index in [2.05, 4.69) is 70.1 Å².